The van der Waals surface area contributed by atoms with Gasteiger partial charge >= 0.3 is 0 Å². The summed E-state index contributed by atoms with van der Waals surface area (Å²) in [7, 11) is 2.20. The van der Waals surface area contributed by atoms with E-state index in [-0.39, 0.29) is 5.41 Å². The normalized spacial score (nSPS) is 32.0. The van der Waals surface area contributed by atoms with Gasteiger partial charge in [0.25, 0.3) is 0 Å². The third-order valence-corrected chi connectivity index (χ3v) is 3.28. The van der Waals surface area contributed by atoms with Crippen LogP contribution in [0.2, 0.25) is 0 Å². The fraction of sp³-hybridized carbons (Fsp3) is 0.615. The standard InChI is InChI=1S/C13H20N2/c1-13(6-3-7-14-11-13)10-12-4-8-15(2)9-5-12/h3,7,10-11H,4-6,8-9H2,1-2H3. The molecule has 1 fully saturated rings. The molecule has 2 heterocycles. The molecule has 2 aliphatic heterocycles. The molecule has 2 aliphatic rings. The molecule has 0 N–H and O–H groups in total. The summed E-state index contributed by atoms with van der Waals surface area (Å²) < 4.78 is 0. The molecule has 0 saturated carbocycles. The molecule has 0 aromatic heterocycles. The minimum absolute atomic E-state index is 0.167. The highest BCUT2D eigenvalue weighted by atomic mass is 15.1. The van der Waals surface area contributed by atoms with Crippen molar-refractivity contribution in [2.24, 2.45) is 10.4 Å². The van der Waals surface area contributed by atoms with E-state index >= 15 is 0 Å². The summed E-state index contributed by atoms with van der Waals surface area (Å²) in [6.07, 6.45) is 12.1. The van der Waals surface area contributed by atoms with Gasteiger partial charge in [-0.2, -0.15) is 0 Å². The largest absolute Gasteiger partial charge is 0.306 e. The van der Waals surface area contributed by atoms with Crippen molar-refractivity contribution in [2.45, 2.75) is 26.2 Å². The van der Waals surface area contributed by atoms with Gasteiger partial charge in [-0.15, -0.1) is 0 Å². The van der Waals surface area contributed by atoms with Gasteiger partial charge in [0.1, 0.15) is 0 Å². The summed E-state index contributed by atoms with van der Waals surface area (Å²) >= 11 is 0. The Kier molecular flexibility index (Phi) is 3.06. The maximum Gasteiger partial charge on any atom is 0.0245 e. The number of rotatable bonds is 1. The van der Waals surface area contributed by atoms with Crippen LogP contribution in [0, 0.1) is 5.41 Å². The van der Waals surface area contributed by atoms with Crippen molar-refractivity contribution >= 4 is 6.21 Å². The van der Waals surface area contributed by atoms with Crippen molar-refractivity contribution in [3.8, 4) is 0 Å². The Morgan fingerprint density at radius 2 is 2.13 bits per heavy atom. The molecule has 82 valence electrons. The lowest BCUT2D eigenvalue weighted by molar-refractivity contribution is 0.310. The SMILES string of the molecule is CN1CCC(=CC2(C)C=NC=CC2)CC1. The minimum Gasteiger partial charge on any atom is -0.306 e. The average Bonchev–Trinajstić information content (AvgIpc) is 2.22. The van der Waals surface area contributed by atoms with Crippen molar-refractivity contribution in [3.63, 3.8) is 0 Å². The maximum atomic E-state index is 4.25. The average molecular weight is 204 g/mol. The highest BCUT2D eigenvalue weighted by Crippen LogP contribution is 2.28. The Bertz CT molecular complexity index is 304. The van der Waals surface area contributed by atoms with E-state index in [1.54, 1.807) is 5.57 Å². The highest BCUT2D eigenvalue weighted by Gasteiger charge is 2.21. The van der Waals surface area contributed by atoms with Crippen LogP contribution in [0.15, 0.2) is 28.9 Å². The summed E-state index contributed by atoms with van der Waals surface area (Å²) in [5, 5.41) is 0. The first-order chi connectivity index (χ1) is 7.18. The monoisotopic (exact) mass is 204 g/mol. The highest BCUT2D eigenvalue weighted by molar-refractivity contribution is 5.70. The van der Waals surface area contributed by atoms with E-state index < -0.39 is 0 Å². The number of nitrogens with zero attached hydrogens (tertiary/aromatic N) is 2. The van der Waals surface area contributed by atoms with Gasteiger partial charge in [0.15, 0.2) is 0 Å². The van der Waals surface area contributed by atoms with Crippen molar-refractivity contribution < 1.29 is 0 Å². The van der Waals surface area contributed by atoms with Gasteiger partial charge in [-0.05, 0) is 26.3 Å². The zero-order chi connectivity index (χ0) is 10.7. The molecule has 2 heteroatoms. The minimum atomic E-state index is 0.167. The molecule has 2 rings (SSSR count). The lowest BCUT2D eigenvalue weighted by atomic mass is 9.83. The second kappa shape index (κ2) is 4.31. The third kappa shape index (κ3) is 2.78. The van der Waals surface area contributed by atoms with Crippen LogP contribution in [0.5, 0.6) is 0 Å². The van der Waals surface area contributed by atoms with Crippen LogP contribution in [0.3, 0.4) is 0 Å². The first-order valence-corrected chi connectivity index (χ1v) is 5.76. The molecule has 1 atom stereocenters. The Labute approximate surface area is 92.4 Å². The molecule has 0 aliphatic carbocycles. The molecule has 0 bridgehead atoms. The molecule has 0 radical (unpaired) electrons. The van der Waals surface area contributed by atoms with Gasteiger partial charge in [0.2, 0.25) is 0 Å². The zero-order valence-electron chi connectivity index (χ0n) is 9.74. The van der Waals surface area contributed by atoms with Crippen LogP contribution in [0.25, 0.3) is 0 Å². The number of hydrogen-bond donors (Lipinski definition) is 0. The molecular weight excluding hydrogens is 184 g/mol. The Morgan fingerprint density at radius 1 is 1.40 bits per heavy atom. The summed E-state index contributed by atoms with van der Waals surface area (Å²) in [5.74, 6) is 0. The molecule has 1 unspecified atom stereocenters. The van der Waals surface area contributed by atoms with E-state index in [0.29, 0.717) is 0 Å². The molecule has 0 aromatic rings. The molecule has 0 spiro atoms. The van der Waals surface area contributed by atoms with Crippen LogP contribution >= 0.6 is 0 Å². The van der Waals surface area contributed by atoms with Crippen molar-refractivity contribution in [1.82, 2.24) is 4.90 Å². The second-order valence-corrected chi connectivity index (χ2v) is 4.98. The number of likely N-dealkylation sites (tertiary alicyclic amines) is 1. The van der Waals surface area contributed by atoms with E-state index in [2.05, 4.69) is 42.2 Å². The lowest BCUT2D eigenvalue weighted by Gasteiger charge is -2.28. The van der Waals surface area contributed by atoms with Crippen LogP contribution in [0.4, 0.5) is 0 Å². The number of aliphatic imine (C=N–C) groups is 1. The summed E-state index contributed by atoms with van der Waals surface area (Å²) in [4.78, 5) is 6.65. The first kappa shape index (κ1) is 10.6. The van der Waals surface area contributed by atoms with Crippen LogP contribution in [0.1, 0.15) is 26.2 Å². The van der Waals surface area contributed by atoms with Gasteiger partial charge in [-0.1, -0.05) is 24.6 Å². The number of allylic oxidation sites excluding steroid dienone is 2. The van der Waals surface area contributed by atoms with E-state index in [4.69, 9.17) is 0 Å². The van der Waals surface area contributed by atoms with Gasteiger partial charge in [0.05, 0.1) is 0 Å². The fourth-order valence-corrected chi connectivity index (χ4v) is 2.25. The molecule has 1 saturated heterocycles. The molecule has 0 aromatic carbocycles. The molecule has 0 amide bonds. The van der Waals surface area contributed by atoms with E-state index in [1.165, 1.54) is 25.9 Å². The smallest absolute Gasteiger partial charge is 0.0245 e. The number of piperidine rings is 1. The van der Waals surface area contributed by atoms with Crippen molar-refractivity contribution in [3.05, 3.63) is 23.9 Å². The van der Waals surface area contributed by atoms with Gasteiger partial charge in [-0.3, -0.25) is 4.99 Å². The first-order valence-electron chi connectivity index (χ1n) is 5.76. The Balaban J connectivity index is 2.03. The second-order valence-electron chi connectivity index (χ2n) is 4.98. The lowest BCUT2D eigenvalue weighted by Crippen LogP contribution is -2.27. The third-order valence-electron chi connectivity index (χ3n) is 3.28. The van der Waals surface area contributed by atoms with E-state index in [9.17, 15) is 0 Å². The van der Waals surface area contributed by atoms with Crippen LogP contribution in [-0.2, 0) is 0 Å². The Morgan fingerprint density at radius 3 is 2.73 bits per heavy atom. The predicted molar refractivity (Wildman–Crippen MR) is 65.2 cm³/mol. The fourth-order valence-electron chi connectivity index (χ4n) is 2.25. The number of hydrogen-bond acceptors (Lipinski definition) is 2. The summed E-state index contributed by atoms with van der Waals surface area (Å²) in [5.41, 5.74) is 1.78. The van der Waals surface area contributed by atoms with Crippen LogP contribution in [-0.4, -0.2) is 31.3 Å². The predicted octanol–water partition coefficient (Wildman–Crippen LogP) is 2.63. The molecular formula is C13H20N2. The van der Waals surface area contributed by atoms with Gasteiger partial charge in [0, 0.05) is 30.9 Å². The quantitative estimate of drug-likeness (QED) is 0.599. The topological polar surface area (TPSA) is 15.6 Å². The van der Waals surface area contributed by atoms with Gasteiger partial charge < -0.3 is 4.90 Å². The molecule has 2 nitrogen and oxygen atoms in total. The van der Waals surface area contributed by atoms with E-state index in [1.807, 2.05) is 6.20 Å². The molecule has 15 heavy (non-hydrogen) atoms. The Hall–Kier alpha value is -0.890. The summed E-state index contributed by atoms with van der Waals surface area (Å²) in [6, 6.07) is 0. The van der Waals surface area contributed by atoms with Crippen molar-refractivity contribution in [1.29, 1.82) is 0 Å². The maximum absolute atomic E-state index is 4.25. The van der Waals surface area contributed by atoms with E-state index in [0.717, 1.165) is 6.42 Å². The van der Waals surface area contributed by atoms with Crippen molar-refractivity contribution in [2.75, 3.05) is 20.1 Å². The van der Waals surface area contributed by atoms with Gasteiger partial charge in [-0.25, -0.2) is 0 Å². The van der Waals surface area contributed by atoms with Crippen LogP contribution < -0.4 is 0 Å². The summed E-state index contributed by atoms with van der Waals surface area (Å²) in [6.45, 7) is 4.68. The zero-order valence-corrected chi connectivity index (χ0v) is 9.74.